The highest BCUT2D eigenvalue weighted by Crippen LogP contribution is 2.41. The highest BCUT2D eigenvalue weighted by molar-refractivity contribution is 8.01. The molecule has 1 aromatic carbocycles. The molecule has 20 nitrogen and oxygen atoms in total. The molecule has 272 valence electrons. The second kappa shape index (κ2) is 14.3. The molecule has 52 heavy (non-hydrogen) atoms. The molecule has 0 bridgehead atoms. The fourth-order valence-corrected chi connectivity index (χ4v) is 8.90. The minimum atomic E-state index is -4.23. The van der Waals surface area contributed by atoms with Crippen LogP contribution in [0.3, 0.4) is 0 Å². The summed E-state index contributed by atoms with van der Waals surface area (Å²) in [5.74, 6) is -5.91. The number of nitrogens with zero attached hydrogens (tertiary/aromatic N) is 7. The van der Waals surface area contributed by atoms with Gasteiger partial charge in [0.05, 0.1) is 12.0 Å². The van der Waals surface area contributed by atoms with E-state index in [2.05, 4.69) is 35.3 Å². The van der Waals surface area contributed by atoms with Gasteiger partial charge in [0.1, 0.15) is 27.8 Å². The zero-order valence-corrected chi connectivity index (χ0v) is 29.9. The highest BCUT2D eigenvalue weighted by Gasteiger charge is 2.54. The Morgan fingerprint density at radius 2 is 1.94 bits per heavy atom. The van der Waals surface area contributed by atoms with E-state index in [1.165, 1.54) is 40.5 Å². The molecule has 1 saturated heterocycles. The number of thiazole rings is 1. The van der Waals surface area contributed by atoms with Crippen LogP contribution < -0.4 is 11.1 Å². The molecule has 2 aliphatic heterocycles. The van der Waals surface area contributed by atoms with E-state index in [0.29, 0.717) is 16.3 Å². The minimum absolute atomic E-state index is 0.0495. The van der Waals surface area contributed by atoms with Gasteiger partial charge in [-0.3, -0.25) is 14.5 Å². The Labute approximate surface area is 304 Å². The van der Waals surface area contributed by atoms with E-state index in [0.717, 1.165) is 34.4 Å². The summed E-state index contributed by atoms with van der Waals surface area (Å²) in [6, 6.07) is 3.30. The van der Waals surface area contributed by atoms with Crippen molar-refractivity contribution in [2.75, 3.05) is 30.3 Å². The Bertz CT molecular complexity index is 2320. The maximum absolute atomic E-state index is 13.5. The number of oxime groups is 1. The average Bonchev–Trinajstić information content (AvgIpc) is 3.74. The fourth-order valence-electron chi connectivity index (χ4n) is 4.93. The quantitative estimate of drug-likeness (QED) is 0.0246. The van der Waals surface area contributed by atoms with Crippen LogP contribution >= 0.6 is 34.9 Å². The van der Waals surface area contributed by atoms with Gasteiger partial charge >= 0.3 is 11.9 Å². The Morgan fingerprint density at radius 3 is 2.62 bits per heavy atom. The molecule has 2 aliphatic rings. The summed E-state index contributed by atoms with van der Waals surface area (Å²) in [6.45, 7) is 1.71. The third kappa shape index (κ3) is 7.04. The van der Waals surface area contributed by atoms with Crippen LogP contribution in [0.2, 0.25) is 0 Å². The summed E-state index contributed by atoms with van der Waals surface area (Å²) in [6.07, 6.45) is 0. The zero-order chi connectivity index (χ0) is 37.5. The van der Waals surface area contributed by atoms with Gasteiger partial charge in [-0.2, -0.15) is 9.50 Å². The number of carboxylic acid groups (broad SMARTS) is 1. The van der Waals surface area contributed by atoms with Crippen LogP contribution in [0.4, 0.5) is 5.13 Å². The number of nitrogens with one attached hydrogen (secondary N) is 1. The van der Waals surface area contributed by atoms with Gasteiger partial charge in [0, 0.05) is 28.6 Å². The Balaban J connectivity index is 1.18. The van der Waals surface area contributed by atoms with E-state index in [-0.39, 0.29) is 39.6 Å². The summed E-state index contributed by atoms with van der Waals surface area (Å²) in [7, 11) is -3.04. The molecule has 0 unspecified atom stereocenters. The number of methoxy groups -OCH3 is 1. The van der Waals surface area contributed by atoms with Crippen LogP contribution in [0.5, 0.6) is 11.5 Å². The molecule has 1 fully saturated rings. The number of nitrogen functional groups attached to an aromatic ring is 1. The number of nitrogens with two attached hydrogens (primary N) is 1. The highest BCUT2D eigenvalue weighted by atomic mass is 32.2. The third-order valence-electron chi connectivity index (χ3n) is 7.36. The van der Waals surface area contributed by atoms with Crippen molar-refractivity contribution in [1.29, 1.82) is 0 Å². The molecule has 24 heteroatoms. The first-order chi connectivity index (χ1) is 24.7. The Hall–Kier alpha value is -5.46. The maximum atomic E-state index is 13.5. The summed E-state index contributed by atoms with van der Waals surface area (Å²) in [4.78, 5) is 69.3. The van der Waals surface area contributed by atoms with Crippen molar-refractivity contribution in [2.24, 2.45) is 5.16 Å². The predicted octanol–water partition coefficient (Wildman–Crippen LogP) is 0.352. The number of esters is 1. The number of β-lactam (4-membered cyclic amide) rings is 1. The molecule has 3 aromatic heterocycles. The zero-order valence-electron chi connectivity index (χ0n) is 26.6. The number of phenolic OH excluding ortho intramolecular Hbond substituents is 2. The first-order valence-electron chi connectivity index (χ1n) is 14.5. The van der Waals surface area contributed by atoms with E-state index in [4.69, 9.17) is 10.6 Å². The van der Waals surface area contributed by atoms with Gasteiger partial charge in [0.15, 0.2) is 22.3 Å². The number of carboxylic acids is 1. The topological polar surface area (TPSA) is 291 Å². The van der Waals surface area contributed by atoms with E-state index >= 15 is 0 Å². The lowest BCUT2D eigenvalue weighted by molar-refractivity contribution is -0.150. The number of aryl methyl sites for hydroxylation is 1. The first kappa shape index (κ1) is 36.3. The standard InChI is InChI=1S/C28H25N9O11S4/c1-11-5-17(37-28(30-11)33-21(34-37)26(44)47-2)49-7-12-8-50-24-19(23(41)36(24)20(12)25(42)43)32-22(40)18(14-9-51-27(29)31-14)35-48-10-52(45,46)13-3-4-15(38)16(39)6-13/h3-6,9,19,24,38-39H,7-8,10H2,1-2H3,(H2,29,31)(H,32,40)(H,42,43)/b35-18-/t19-,24-/m1/s1. The van der Waals surface area contributed by atoms with Crippen molar-refractivity contribution in [3.05, 3.63) is 58.1 Å². The van der Waals surface area contributed by atoms with Crippen LogP contribution in [0.15, 0.2) is 56.0 Å². The number of aliphatic carboxylic acids is 1. The van der Waals surface area contributed by atoms with Crippen molar-refractivity contribution in [2.45, 2.75) is 28.3 Å². The molecular weight excluding hydrogens is 767 g/mol. The van der Waals surface area contributed by atoms with Gasteiger partial charge in [0.25, 0.3) is 23.4 Å². The summed E-state index contributed by atoms with van der Waals surface area (Å²) in [5, 5.41) is 40.7. The number of aromatic nitrogens is 5. The molecule has 6 N–H and O–H groups in total. The van der Waals surface area contributed by atoms with E-state index in [9.17, 15) is 42.9 Å². The maximum Gasteiger partial charge on any atom is 0.378 e. The number of ether oxygens (including phenoxy) is 1. The van der Waals surface area contributed by atoms with Crippen molar-refractivity contribution in [1.82, 2.24) is 34.8 Å². The molecule has 0 spiro atoms. The van der Waals surface area contributed by atoms with Gasteiger partial charge in [-0.25, -0.2) is 28.0 Å². The largest absolute Gasteiger partial charge is 0.504 e. The summed E-state index contributed by atoms with van der Waals surface area (Å²) < 4.78 is 31.4. The number of anilines is 1. The van der Waals surface area contributed by atoms with Crippen LogP contribution in [0.25, 0.3) is 5.78 Å². The van der Waals surface area contributed by atoms with Crippen molar-refractivity contribution >= 4 is 85.1 Å². The van der Waals surface area contributed by atoms with E-state index in [1.54, 1.807) is 13.0 Å². The number of hydrogen-bond acceptors (Lipinski definition) is 19. The molecule has 6 rings (SSSR count). The first-order valence-corrected chi connectivity index (χ1v) is 19.1. The number of fused-ring (bicyclic) bond motifs is 2. The number of thioether (sulfide) groups is 2. The lowest BCUT2D eigenvalue weighted by Gasteiger charge is -2.49. The fraction of sp³-hybridized carbons (Fsp3) is 0.250. The van der Waals surface area contributed by atoms with Crippen LogP contribution in [0.1, 0.15) is 22.0 Å². The molecule has 5 heterocycles. The number of carbonyl (C=O) groups is 4. The normalized spacial score (nSPS) is 17.5. The number of rotatable bonds is 12. The van der Waals surface area contributed by atoms with Crippen LogP contribution in [-0.4, -0.2) is 119 Å². The lowest BCUT2D eigenvalue weighted by atomic mass is 10.0. The number of hydrogen-bond donors (Lipinski definition) is 5. The van der Waals surface area contributed by atoms with Gasteiger partial charge in [-0.15, -0.1) is 40.0 Å². The second-order valence-electron chi connectivity index (χ2n) is 10.8. The second-order valence-corrected chi connectivity index (χ2v) is 15.7. The van der Waals surface area contributed by atoms with Gasteiger partial charge in [0.2, 0.25) is 15.8 Å². The number of amides is 2. The number of carbonyl (C=O) groups excluding carboxylic acids is 3. The molecule has 4 aromatic rings. The Kier molecular flexibility index (Phi) is 9.98. The summed E-state index contributed by atoms with van der Waals surface area (Å²) >= 11 is 3.35. The van der Waals surface area contributed by atoms with Crippen LogP contribution in [0, 0.1) is 6.92 Å². The number of aromatic hydroxyl groups is 2. The van der Waals surface area contributed by atoms with Crippen molar-refractivity contribution in [3.63, 3.8) is 0 Å². The number of phenols is 2. The lowest BCUT2D eigenvalue weighted by Crippen LogP contribution is -2.71. The van der Waals surface area contributed by atoms with Crippen molar-refractivity contribution in [3.8, 4) is 11.5 Å². The van der Waals surface area contributed by atoms with E-state index in [1.807, 2.05) is 0 Å². The number of benzene rings is 1. The number of sulfone groups is 1. The van der Waals surface area contributed by atoms with E-state index < -0.39 is 73.1 Å². The van der Waals surface area contributed by atoms with Crippen molar-refractivity contribution < 1.29 is 52.5 Å². The third-order valence-corrected chi connectivity index (χ3v) is 11.8. The van der Waals surface area contributed by atoms with Gasteiger partial charge in [-0.05, 0) is 30.7 Å². The smallest absolute Gasteiger partial charge is 0.378 e. The van der Waals surface area contributed by atoms with Gasteiger partial charge in [-0.1, -0.05) is 5.16 Å². The molecule has 0 saturated carbocycles. The monoisotopic (exact) mass is 791 g/mol. The molecule has 0 radical (unpaired) electrons. The SMILES string of the molecule is COC(=O)c1nc2nc(C)cc(SCC3=C(C(=O)O)N4C(=O)[C@@H](NC(=O)/C(=N\OCS(=O)(=O)c5ccc(O)c(O)c5)c5csc(N)n5)[C@H]4SC3)n2n1. The predicted molar refractivity (Wildman–Crippen MR) is 183 cm³/mol. The summed E-state index contributed by atoms with van der Waals surface area (Å²) in [5.41, 5.74) is 5.84. The molecule has 0 aliphatic carbocycles. The van der Waals surface area contributed by atoms with Gasteiger partial charge < -0.3 is 35.9 Å². The van der Waals surface area contributed by atoms with Crippen LogP contribution in [-0.2, 0) is 33.8 Å². The average molecular weight is 792 g/mol. The molecule has 2 amide bonds. The molecular formula is C28H25N9O11S4. The Morgan fingerprint density at radius 1 is 1.17 bits per heavy atom. The molecule has 2 atom stereocenters. The minimum Gasteiger partial charge on any atom is -0.504 e.